The summed E-state index contributed by atoms with van der Waals surface area (Å²) in [6, 6.07) is 25.5. The van der Waals surface area contributed by atoms with Gasteiger partial charge < -0.3 is 14.0 Å². The van der Waals surface area contributed by atoms with Gasteiger partial charge >= 0.3 is 0 Å². The third-order valence-electron chi connectivity index (χ3n) is 4.72. The number of para-hydroxylation sites is 4. The van der Waals surface area contributed by atoms with Crippen LogP contribution in [0.25, 0.3) is 11.0 Å². The second-order valence-electron chi connectivity index (χ2n) is 6.82. The molecule has 0 fully saturated rings. The average Bonchev–Trinajstić information content (AvgIpc) is 3.12. The molecule has 0 amide bonds. The minimum atomic E-state index is -0.172. The van der Waals surface area contributed by atoms with Crippen LogP contribution in [0, 0.1) is 0 Å². The van der Waals surface area contributed by atoms with Crippen LogP contribution in [0.1, 0.15) is 25.3 Å². The zero-order chi connectivity index (χ0) is 20.1. The first-order valence-electron chi connectivity index (χ1n) is 9.76. The van der Waals surface area contributed by atoms with Gasteiger partial charge in [0, 0.05) is 6.54 Å². The molecule has 0 aliphatic rings. The molecule has 1 heterocycles. The summed E-state index contributed by atoms with van der Waals surface area (Å²) in [6.45, 7) is 3.39. The summed E-state index contributed by atoms with van der Waals surface area (Å²) in [5.41, 5.74) is 2.07. The highest BCUT2D eigenvalue weighted by atomic mass is 35.5. The molecule has 0 spiro atoms. The number of imidazole rings is 1. The largest absolute Gasteiger partial charge is 0.492 e. The molecule has 0 radical (unpaired) electrons. The van der Waals surface area contributed by atoms with E-state index in [1.807, 2.05) is 79.7 Å². The van der Waals surface area contributed by atoms with Crippen molar-refractivity contribution in [2.24, 2.45) is 0 Å². The number of fused-ring (bicyclic) bond motifs is 1. The highest BCUT2D eigenvalue weighted by Crippen LogP contribution is 2.26. The smallest absolute Gasteiger partial charge is 0.153 e. The molecule has 1 atom stereocenters. The molecule has 0 bridgehead atoms. The number of aromatic nitrogens is 2. The van der Waals surface area contributed by atoms with Gasteiger partial charge in [0.1, 0.15) is 11.5 Å². The maximum Gasteiger partial charge on any atom is 0.153 e. The summed E-state index contributed by atoms with van der Waals surface area (Å²) in [5.74, 6) is 2.46. The summed E-state index contributed by atoms with van der Waals surface area (Å²) < 4.78 is 14.2. The Morgan fingerprint density at radius 2 is 1.66 bits per heavy atom. The van der Waals surface area contributed by atoms with Crippen LogP contribution in [0.4, 0.5) is 0 Å². The van der Waals surface area contributed by atoms with Gasteiger partial charge in [-0.3, -0.25) is 0 Å². The van der Waals surface area contributed by atoms with Crippen LogP contribution in [0.2, 0.25) is 5.02 Å². The normalized spacial score (nSPS) is 12.1. The molecule has 5 heteroatoms. The zero-order valence-electron chi connectivity index (χ0n) is 16.3. The van der Waals surface area contributed by atoms with Crippen LogP contribution in [0.3, 0.4) is 0 Å². The van der Waals surface area contributed by atoms with Gasteiger partial charge in [0.05, 0.1) is 22.7 Å². The minimum absolute atomic E-state index is 0.172. The Morgan fingerprint density at radius 1 is 0.931 bits per heavy atom. The Bertz CT molecular complexity index is 1080. The van der Waals surface area contributed by atoms with E-state index < -0.39 is 0 Å². The molecule has 0 saturated heterocycles. The fourth-order valence-corrected chi connectivity index (χ4v) is 3.55. The van der Waals surface area contributed by atoms with Crippen LogP contribution in [-0.4, -0.2) is 16.2 Å². The standard InChI is InChI=1S/C24H23ClN2O2/c1-18(29-19-10-3-2-4-11-19)24-26-21-13-6-7-14-22(21)27(24)16-9-17-28-23-15-8-5-12-20(23)25/h2-8,10-15,18H,9,16-17H2,1H3. The van der Waals surface area contributed by atoms with Crippen molar-refractivity contribution in [1.29, 1.82) is 0 Å². The number of benzene rings is 3. The second-order valence-corrected chi connectivity index (χ2v) is 7.22. The number of nitrogens with zero attached hydrogens (tertiary/aromatic N) is 2. The summed E-state index contributed by atoms with van der Waals surface area (Å²) in [6.07, 6.45) is 0.658. The predicted octanol–water partition coefficient (Wildman–Crippen LogP) is 6.30. The molecule has 4 aromatic rings. The molecule has 0 aliphatic heterocycles. The maximum atomic E-state index is 6.17. The molecule has 3 aromatic carbocycles. The topological polar surface area (TPSA) is 36.3 Å². The highest BCUT2D eigenvalue weighted by molar-refractivity contribution is 6.32. The monoisotopic (exact) mass is 406 g/mol. The molecular formula is C24H23ClN2O2. The zero-order valence-corrected chi connectivity index (χ0v) is 17.0. The van der Waals surface area contributed by atoms with E-state index >= 15 is 0 Å². The van der Waals surface area contributed by atoms with Gasteiger partial charge in [-0.15, -0.1) is 0 Å². The van der Waals surface area contributed by atoms with Crippen molar-refractivity contribution in [3.05, 3.63) is 89.7 Å². The van der Waals surface area contributed by atoms with Gasteiger partial charge in [-0.05, 0) is 49.7 Å². The Balaban J connectivity index is 1.50. The van der Waals surface area contributed by atoms with E-state index in [1.165, 1.54) is 0 Å². The number of aryl methyl sites for hydroxylation is 1. The predicted molar refractivity (Wildman–Crippen MR) is 117 cm³/mol. The first-order valence-corrected chi connectivity index (χ1v) is 10.1. The molecular weight excluding hydrogens is 384 g/mol. The molecule has 1 aromatic heterocycles. The maximum absolute atomic E-state index is 6.17. The van der Waals surface area contributed by atoms with Gasteiger partial charge in [0.2, 0.25) is 0 Å². The second kappa shape index (κ2) is 9.01. The molecule has 4 rings (SSSR count). The first kappa shape index (κ1) is 19.3. The van der Waals surface area contributed by atoms with Gasteiger partial charge in [0.15, 0.2) is 11.9 Å². The summed E-state index contributed by atoms with van der Waals surface area (Å²) in [7, 11) is 0. The Morgan fingerprint density at radius 3 is 2.48 bits per heavy atom. The van der Waals surface area contributed by atoms with E-state index in [9.17, 15) is 0 Å². The average molecular weight is 407 g/mol. The number of halogens is 1. The van der Waals surface area contributed by atoms with Gasteiger partial charge in [0.25, 0.3) is 0 Å². The van der Waals surface area contributed by atoms with Crippen molar-refractivity contribution in [3.63, 3.8) is 0 Å². The summed E-state index contributed by atoms with van der Waals surface area (Å²) in [4.78, 5) is 4.84. The van der Waals surface area contributed by atoms with Crippen molar-refractivity contribution >= 4 is 22.6 Å². The molecule has 0 saturated carbocycles. The molecule has 29 heavy (non-hydrogen) atoms. The SMILES string of the molecule is CC(Oc1ccccc1)c1nc2ccccc2n1CCCOc1ccccc1Cl. The Kier molecular flexibility index (Phi) is 6.01. The van der Waals surface area contributed by atoms with E-state index in [0.29, 0.717) is 17.4 Å². The van der Waals surface area contributed by atoms with Crippen LogP contribution < -0.4 is 9.47 Å². The Hall–Kier alpha value is -2.98. The quantitative estimate of drug-likeness (QED) is 0.322. The lowest BCUT2D eigenvalue weighted by Gasteiger charge is -2.17. The van der Waals surface area contributed by atoms with Crippen molar-refractivity contribution < 1.29 is 9.47 Å². The van der Waals surface area contributed by atoms with E-state index in [1.54, 1.807) is 0 Å². The van der Waals surface area contributed by atoms with Crippen LogP contribution >= 0.6 is 11.6 Å². The molecule has 148 valence electrons. The lowest BCUT2D eigenvalue weighted by atomic mass is 10.3. The van der Waals surface area contributed by atoms with E-state index in [-0.39, 0.29) is 6.10 Å². The number of rotatable bonds is 8. The number of ether oxygens (including phenoxy) is 2. The minimum Gasteiger partial charge on any atom is -0.492 e. The van der Waals surface area contributed by atoms with E-state index in [0.717, 1.165) is 35.6 Å². The summed E-state index contributed by atoms with van der Waals surface area (Å²) in [5, 5.41) is 0.631. The summed E-state index contributed by atoms with van der Waals surface area (Å²) >= 11 is 6.17. The number of hydrogen-bond donors (Lipinski definition) is 0. The lowest BCUT2D eigenvalue weighted by Crippen LogP contribution is -2.13. The Labute approximate surface area is 175 Å². The van der Waals surface area contributed by atoms with Crippen LogP contribution in [0.5, 0.6) is 11.5 Å². The highest BCUT2D eigenvalue weighted by Gasteiger charge is 2.18. The fraction of sp³-hybridized carbons (Fsp3) is 0.208. The van der Waals surface area contributed by atoms with Crippen molar-refractivity contribution in [1.82, 2.24) is 9.55 Å². The first-order chi connectivity index (χ1) is 14.2. The molecule has 1 unspecified atom stereocenters. The van der Waals surface area contributed by atoms with Gasteiger partial charge in [-0.25, -0.2) is 4.98 Å². The van der Waals surface area contributed by atoms with Crippen molar-refractivity contribution in [3.8, 4) is 11.5 Å². The van der Waals surface area contributed by atoms with Crippen molar-refractivity contribution in [2.75, 3.05) is 6.61 Å². The van der Waals surface area contributed by atoms with Gasteiger partial charge in [-0.2, -0.15) is 0 Å². The van der Waals surface area contributed by atoms with Crippen LogP contribution in [-0.2, 0) is 6.54 Å². The molecule has 0 N–H and O–H groups in total. The third-order valence-corrected chi connectivity index (χ3v) is 5.04. The van der Waals surface area contributed by atoms with Crippen molar-refractivity contribution in [2.45, 2.75) is 26.0 Å². The van der Waals surface area contributed by atoms with E-state index in [2.05, 4.69) is 10.6 Å². The third kappa shape index (κ3) is 4.54. The molecule has 0 aliphatic carbocycles. The van der Waals surface area contributed by atoms with Gasteiger partial charge in [-0.1, -0.05) is 54.1 Å². The van der Waals surface area contributed by atoms with E-state index in [4.69, 9.17) is 26.1 Å². The molecule has 4 nitrogen and oxygen atoms in total. The fourth-order valence-electron chi connectivity index (χ4n) is 3.36. The number of hydrogen-bond acceptors (Lipinski definition) is 3. The van der Waals surface area contributed by atoms with Crippen LogP contribution in [0.15, 0.2) is 78.9 Å². The lowest BCUT2D eigenvalue weighted by molar-refractivity contribution is 0.210.